The van der Waals surface area contributed by atoms with Crippen molar-refractivity contribution in [3.8, 4) is 11.5 Å². The molecule has 0 atom stereocenters. The highest BCUT2D eigenvalue weighted by Gasteiger charge is 2.22. The van der Waals surface area contributed by atoms with Gasteiger partial charge < -0.3 is 14.4 Å². The predicted molar refractivity (Wildman–Crippen MR) is 112 cm³/mol. The molecule has 2 aromatic rings. The van der Waals surface area contributed by atoms with E-state index in [9.17, 15) is 13.6 Å². The van der Waals surface area contributed by atoms with Crippen molar-refractivity contribution in [3.63, 3.8) is 0 Å². The monoisotopic (exact) mass is 436 g/mol. The second-order valence-corrected chi connectivity index (χ2v) is 8.42. The van der Waals surface area contributed by atoms with Gasteiger partial charge in [-0.05, 0) is 49.6 Å². The molecule has 0 bridgehead atoms. The maximum absolute atomic E-state index is 13.1. The van der Waals surface area contributed by atoms with Crippen molar-refractivity contribution in [3.05, 3.63) is 47.7 Å². The van der Waals surface area contributed by atoms with Gasteiger partial charge in [-0.15, -0.1) is 11.8 Å². The van der Waals surface area contributed by atoms with Gasteiger partial charge in [0.2, 0.25) is 0 Å². The van der Waals surface area contributed by atoms with Gasteiger partial charge in [-0.2, -0.15) is 8.78 Å². The zero-order valence-electron chi connectivity index (χ0n) is 17.1. The smallest absolute Gasteiger partial charge is 0.387 e. The van der Waals surface area contributed by atoms with Gasteiger partial charge >= 0.3 is 6.61 Å². The van der Waals surface area contributed by atoms with Crippen LogP contribution in [0.2, 0.25) is 0 Å². The summed E-state index contributed by atoms with van der Waals surface area (Å²) in [6.45, 7) is -0.549. The Hall–Kier alpha value is -2.35. The van der Waals surface area contributed by atoms with Gasteiger partial charge in [-0.25, -0.2) is 4.98 Å². The van der Waals surface area contributed by atoms with Gasteiger partial charge in [-0.3, -0.25) is 4.79 Å². The predicted octanol–water partition coefficient (Wildman–Crippen LogP) is 5.39. The third-order valence-electron chi connectivity index (χ3n) is 4.87. The van der Waals surface area contributed by atoms with Crippen molar-refractivity contribution >= 4 is 17.7 Å². The highest BCUT2D eigenvalue weighted by molar-refractivity contribution is 7.99. The largest absolute Gasteiger partial charge is 0.490 e. The van der Waals surface area contributed by atoms with E-state index >= 15 is 0 Å². The lowest BCUT2D eigenvalue weighted by Crippen LogP contribution is -2.27. The molecular weight excluding hydrogens is 410 g/mol. The molecule has 0 N–H and O–H groups in total. The van der Waals surface area contributed by atoms with Crippen molar-refractivity contribution in [1.82, 2.24) is 9.88 Å². The fraction of sp³-hybridized carbons (Fsp3) is 0.455. The number of ether oxygens (including phenoxy) is 2. The molecule has 0 aliphatic heterocycles. The molecule has 1 fully saturated rings. The van der Waals surface area contributed by atoms with Crippen LogP contribution in [0.5, 0.6) is 11.5 Å². The zero-order valence-corrected chi connectivity index (χ0v) is 18.0. The molecular formula is C22H26F2N2O3S. The number of pyridine rings is 1. The van der Waals surface area contributed by atoms with E-state index in [4.69, 9.17) is 4.74 Å². The van der Waals surface area contributed by atoms with E-state index < -0.39 is 6.61 Å². The van der Waals surface area contributed by atoms with Crippen LogP contribution in [0, 0.1) is 0 Å². The van der Waals surface area contributed by atoms with Gasteiger partial charge in [0, 0.05) is 25.0 Å². The van der Waals surface area contributed by atoms with Crippen LogP contribution in [0.15, 0.2) is 41.6 Å². The minimum atomic E-state index is -2.93. The fourth-order valence-electron chi connectivity index (χ4n) is 3.48. The van der Waals surface area contributed by atoms with Crippen LogP contribution in [-0.4, -0.2) is 41.3 Å². The molecule has 0 spiro atoms. The molecule has 1 aromatic carbocycles. The summed E-state index contributed by atoms with van der Waals surface area (Å²) in [7, 11) is 1.71. The average Bonchev–Trinajstić information content (AvgIpc) is 3.23. The molecule has 0 radical (unpaired) electrons. The molecule has 1 aliphatic carbocycles. The number of nitrogens with zero attached hydrogens (tertiary/aromatic N) is 2. The summed E-state index contributed by atoms with van der Waals surface area (Å²) >= 11 is 1.68. The number of amides is 1. The maximum Gasteiger partial charge on any atom is 0.387 e. The number of carbonyl (C=O) groups excluding carboxylic acids is 1. The van der Waals surface area contributed by atoms with Gasteiger partial charge in [0.25, 0.3) is 5.91 Å². The molecule has 5 nitrogen and oxygen atoms in total. The summed E-state index contributed by atoms with van der Waals surface area (Å²) in [6.07, 6.45) is 6.46. The molecule has 30 heavy (non-hydrogen) atoms. The van der Waals surface area contributed by atoms with Crippen molar-refractivity contribution in [2.45, 2.75) is 56.0 Å². The molecule has 8 heteroatoms. The maximum atomic E-state index is 13.1. The van der Waals surface area contributed by atoms with E-state index in [0.29, 0.717) is 24.0 Å². The molecule has 1 saturated carbocycles. The summed E-state index contributed by atoms with van der Waals surface area (Å²) in [5, 5.41) is 1.27. The number of rotatable bonds is 9. The zero-order chi connectivity index (χ0) is 21.5. The SMILES string of the molecule is CCOc1cc(CN(C)C(=O)c2cccnc2SC2CCCC2)ccc1OC(F)F. The van der Waals surface area contributed by atoms with E-state index in [0.717, 1.165) is 23.4 Å². The average molecular weight is 437 g/mol. The summed E-state index contributed by atoms with van der Waals surface area (Å²) in [4.78, 5) is 19.1. The Morgan fingerprint density at radius 1 is 1.27 bits per heavy atom. The Labute approximate surface area is 179 Å². The molecule has 3 rings (SSSR count). The van der Waals surface area contributed by atoms with Crippen molar-refractivity contribution < 1.29 is 23.0 Å². The summed E-state index contributed by atoms with van der Waals surface area (Å²) in [5.74, 6) is 0.0801. The minimum Gasteiger partial charge on any atom is -0.490 e. The first-order valence-electron chi connectivity index (χ1n) is 10.1. The van der Waals surface area contributed by atoms with Crippen LogP contribution in [0.3, 0.4) is 0 Å². The van der Waals surface area contributed by atoms with Gasteiger partial charge in [-0.1, -0.05) is 18.9 Å². The van der Waals surface area contributed by atoms with Gasteiger partial charge in [0.05, 0.1) is 12.2 Å². The molecule has 1 heterocycles. The summed E-state index contributed by atoms with van der Waals surface area (Å²) in [6, 6.07) is 8.29. The number of carbonyl (C=O) groups is 1. The first-order chi connectivity index (χ1) is 14.5. The molecule has 1 amide bonds. The van der Waals surface area contributed by atoms with Crippen LogP contribution in [-0.2, 0) is 6.54 Å². The van der Waals surface area contributed by atoms with Crippen LogP contribution < -0.4 is 9.47 Å². The molecule has 1 aliphatic rings. The highest BCUT2D eigenvalue weighted by atomic mass is 32.2. The first kappa shape index (κ1) is 22.3. The van der Waals surface area contributed by atoms with E-state index in [2.05, 4.69) is 9.72 Å². The molecule has 0 unspecified atom stereocenters. The van der Waals surface area contributed by atoms with Crippen molar-refractivity contribution in [2.75, 3.05) is 13.7 Å². The van der Waals surface area contributed by atoms with E-state index in [1.165, 1.54) is 18.9 Å². The number of hydrogen-bond acceptors (Lipinski definition) is 5. The number of benzene rings is 1. The van der Waals surface area contributed by atoms with Crippen LogP contribution in [0.4, 0.5) is 8.78 Å². The lowest BCUT2D eigenvalue weighted by atomic mass is 10.1. The Morgan fingerprint density at radius 3 is 2.73 bits per heavy atom. The Balaban J connectivity index is 1.73. The Bertz CT molecular complexity index is 860. The van der Waals surface area contributed by atoms with Crippen LogP contribution in [0.25, 0.3) is 0 Å². The van der Waals surface area contributed by atoms with Gasteiger partial charge in [0.15, 0.2) is 11.5 Å². The lowest BCUT2D eigenvalue weighted by molar-refractivity contribution is -0.0514. The number of halogens is 2. The molecule has 0 saturated heterocycles. The summed E-state index contributed by atoms with van der Waals surface area (Å²) < 4.78 is 35.1. The quantitative estimate of drug-likeness (QED) is 0.528. The molecule has 162 valence electrons. The molecule has 1 aromatic heterocycles. The normalized spacial score (nSPS) is 14.2. The van der Waals surface area contributed by atoms with Crippen LogP contribution in [0.1, 0.15) is 48.5 Å². The van der Waals surface area contributed by atoms with E-state index in [1.54, 1.807) is 61.1 Å². The third-order valence-corrected chi connectivity index (χ3v) is 6.23. The van der Waals surface area contributed by atoms with E-state index in [-0.39, 0.29) is 17.4 Å². The van der Waals surface area contributed by atoms with E-state index in [1.807, 2.05) is 0 Å². The second-order valence-electron chi connectivity index (χ2n) is 7.13. The lowest BCUT2D eigenvalue weighted by Gasteiger charge is -2.20. The Morgan fingerprint density at radius 2 is 2.03 bits per heavy atom. The Kier molecular flexibility index (Phi) is 7.90. The fourth-order valence-corrected chi connectivity index (χ4v) is 4.76. The van der Waals surface area contributed by atoms with Crippen LogP contribution >= 0.6 is 11.8 Å². The number of hydrogen-bond donors (Lipinski definition) is 0. The summed E-state index contributed by atoms with van der Waals surface area (Å²) in [5.41, 5.74) is 1.34. The topological polar surface area (TPSA) is 51.7 Å². The number of thioether (sulfide) groups is 1. The number of aromatic nitrogens is 1. The number of alkyl halides is 2. The first-order valence-corrected chi connectivity index (χ1v) is 10.9. The standard InChI is InChI=1S/C22H26F2N2O3S/c1-3-28-19-13-15(10-11-18(19)29-22(23)24)14-26(2)21(27)17-9-6-12-25-20(17)30-16-7-4-5-8-16/h6,9-13,16,22H,3-5,7-8,14H2,1-2H3. The third kappa shape index (κ3) is 5.84. The second kappa shape index (κ2) is 10.6. The highest BCUT2D eigenvalue weighted by Crippen LogP contribution is 2.35. The van der Waals surface area contributed by atoms with Crippen molar-refractivity contribution in [1.29, 1.82) is 0 Å². The van der Waals surface area contributed by atoms with Crippen molar-refractivity contribution in [2.24, 2.45) is 0 Å². The van der Waals surface area contributed by atoms with Gasteiger partial charge in [0.1, 0.15) is 5.03 Å². The minimum absolute atomic E-state index is 0.0212.